The van der Waals surface area contributed by atoms with Crippen LogP contribution in [0.15, 0.2) is 58.3 Å². The Labute approximate surface area is 151 Å². The van der Waals surface area contributed by atoms with E-state index in [2.05, 4.69) is 27.0 Å². The fraction of sp³-hybridized carbons (Fsp3) is 0.238. The quantitative estimate of drug-likeness (QED) is 0.709. The zero-order valence-electron chi connectivity index (χ0n) is 14.5. The largest absolute Gasteiger partial charge is 0.494 e. The van der Waals surface area contributed by atoms with E-state index in [9.17, 15) is 9.90 Å². The van der Waals surface area contributed by atoms with Crippen LogP contribution < -0.4 is 5.56 Å². The fourth-order valence-electron chi connectivity index (χ4n) is 3.49. The number of pyridine rings is 1. The van der Waals surface area contributed by atoms with Crippen molar-refractivity contribution in [3.8, 4) is 5.88 Å². The van der Waals surface area contributed by atoms with Crippen molar-refractivity contribution in [2.45, 2.75) is 19.4 Å². The van der Waals surface area contributed by atoms with Crippen LogP contribution in [0.25, 0.3) is 10.8 Å². The molecule has 2 aromatic carbocycles. The number of H-pyrrole nitrogens is 1. The van der Waals surface area contributed by atoms with Crippen LogP contribution in [0.4, 0.5) is 5.69 Å². The standard InChI is InChI=1S/C21H21N3O2/c25-20-18-9-2-1-8-17(18)19(21(26)23-20)13-22-16-7-5-6-15(12-16)14-24-10-3-4-11-24/h1-2,5-9,12-13H,3-4,10-11,14H2,(H2,23,25,26). The summed E-state index contributed by atoms with van der Waals surface area (Å²) in [6.07, 6.45) is 4.16. The van der Waals surface area contributed by atoms with E-state index in [1.54, 1.807) is 18.3 Å². The van der Waals surface area contributed by atoms with Crippen LogP contribution in [0.5, 0.6) is 5.88 Å². The second kappa shape index (κ2) is 7.14. The first-order chi connectivity index (χ1) is 12.7. The number of fused-ring (bicyclic) bond motifs is 1. The Balaban J connectivity index is 1.64. The molecule has 0 bridgehead atoms. The summed E-state index contributed by atoms with van der Waals surface area (Å²) < 4.78 is 0. The van der Waals surface area contributed by atoms with Gasteiger partial charge >= 0.3 is 0 Å². The van der Waals surface area contributed by atoms with Gasteiger partial charge in [0.05, 0.1) is 11.3 Å². The molecule has 0 amide bonds. The van der Waals surface area contributed by atoms with Gasteiger partial charge in [-0.05, 0) is 49.7 Å². The van der Waals surface area contributed by atoms with Crippen LogP contribution in [0, 0.1) is 0 Å². The number of aromatic hydroxyl groups is 1. The molecule has 5 heteroatoms. The third-order valence-corrected chi connectivity index (χ3v) is 4.81. The van der Waals surface area contributed by atoms with Crippen molar-refractivity contribution in [1.82, 2.24) is 9.88 Å². The van der Waals surface area contributed by atoms with Gasteiger partial charge in [0.15, 0.2) is 0 Å². The summed E-state index contributed by atoms with van der Waals surface area (Å²) in [6, 6.07) is 15.3. The summed E-state index contributed by atoms with van der Waals surface area (Å²) in [6.45, 7) is 3.26. The lowest BCUT2D eigenvalue weighted by Gasteiger charge is -2.14. The van der Waals surface area contributed by atoms with Crippen molar-refractivity contribution in [2.75, 3.05) is 13.1 Å². The van der Waals surface area contributed by atoms with E-state index in [1.807, 2.05) is 24.3 Å². The third-order valence-electron chi connectivity index (χ3n) is 4.81. The molecule has 4 rings (SSSR count). The highest BCUT2D eigenvalue weighted by Crippen LogP contribution is 2.22. The van der Waals surface area contributed by atoms with Gasteiger partial charge in [0.1, 0.15) is 0 Å². The number of aromatic nitrogens is 1. The van der Waals surface area contributed by atoms with Gasteiger partial charge in [-0.1, -0.05) is 30.3 Å². The smallest absolute Gasteiger partial charge is 0.258 e. The number of benzene rings is 2. The average molecular weight is 347 g/mol. The monoisotopic (exact) mass is 347 g/mol. The van der Waals surface area contributed by atoms with Crippen molar-refractivity contribution < 1.29 is 5.11 Å². The van der Waals surface area contributed by atoms with E-state index in [4.69, 9.17) is 0 Å². The summed E-state index contributed by atoms with van der Waals surface area (Å²) in [5.74, 6) is -0.161. The molecule has 1 fully saturated rings. The van der Waals surface area contributed by atoms with Crippen LogP contribution >= 0.6 is 0 Å². The van der Waals surface area contributed by atoms with E-state index in [0.717, 1.165) is 25.3 Å². The van der Waals surface area contributed by atoms with Crippen molar-refractivity contribution >= 4 is 22.7 Å². The highest BCUT2D eigenvalue weighted by molar-refractivity contribution is 6.01. The predicted octanol–water partition coefficient (Wildman–Crippen LogP) is 3.58. The zero-order valence-corrected chi connectivity index (χ0v) is 14.5. The average Bonchev–Trinajstić information content (AvgIpc) is 3.15. The molecule has 0 aliphatic carbocycles. The Morgan fingerprint density at radius 2 is 1.85 bits per heavy atom. The summed E-state index contributed by atoms with van der Waals surface area (Å²) in [4.78, 5) is 21.4. The second-order valence-electron chi connectivity index (χ2n) is 6.67. The number of hydrogen-bond acceptors (Lipinski definition) is 4. The van der Waals surface area contributed by atoms with Gasteiger partial charge < -0.3 is 5.11 Å². The van der Waals surface area contributed by atoms with Crippen LogP contribution in [0.3, 0.4) is 0 Å². The van der Waals surface area contributed by atoms with E-state index in [1.165, 1.54) is 18.4 Å². The maximum Gasteiger partial charge on any atom is 0.258 e. The Bertz CT molecular complexity index is 1020. The van der Waals surface area contributed by atoms with E-state index in [0.29, 0.717) is 16.3 Å². The maximum absolute atomic E-state index is 12.0. The lowest BCUT2D eigenvalue weighted by atomic mass is 10.1. The van der Waals surface area contributed by atoms with Crippen LogP contribution in [-0.2, 0) is 6.54 Å². The predicted molar refractivity (Wildman–Crippen MR) is 104 cm³/mol. The molecular formula is C21H21N3O2. The Morgan fingerprint density at radius 3 is 2.65 bits per heavy atom. The highest BCUT2D eigenvalue weighted by Gasteiger charge is 2.12. The second-order valence-corrected chi connectivity index (χ2v) is 6.67. The van der Waals surface area contributed by atoms with E-state index >= 15 is 0 Å². The fourth-order valence-corrected chi connectivity index (χ4v) is 3.49. The van der Waals surface area contributed by atoms with Gasteiger partial charge in [0, 0.05) is 23.5 Å². The number of rotatable bonds is 4. The molecule has 1 saturated heterocycles. The molecule has 1 aliphatic heterocycles. The van der Waals surface area contributed by atoms with Crippen LogP contribution in [0.1, 0.15) is 24.0 Å². The molecule has 26 heavy (non-hydrogen) atoms. The molecule has 0 saturated carbocycles. The molecule has 0 atom stereocenters. The van der Waals surface area contributed by atoms with Crippen LogP contribution in [0.2, 0.25) is 0 Å². The molecular weight excluding hydrogens is 326 g/mol. The van der Waals surface area contributed by atoms with Crippen LogP contribution in [-0.4, -0.2) is 34.3 Å². The third kappa shape index (κ3) is 3.39. The summed E-state index contributed by atoms with van der Waals surface area (Å²) >= 11 is 0. The maximum atomic E-state index is 12.0. The summed E-state index contributed by atoms with van der Waals surface area (Å²) in [5.41, 5.74) is 2.28. The SMILES string of the molecule is O=c1[nH]c(O)c(C=Nc2cccc(CN3CCCC3)c2)c2ccccc12. The molecule has 2 heterocycles. The van der Waals surface area contributed by atoms with Crippen molar-refractivity contribution in [2.24, 2.45) is 4.99 Å². The van der Waals surface area contributed by atoms with Gasteiger partial charge in [-0.3, -0.25) is 19.7 Å². The van der Waals surface area contributed by atoms with Crippen molar-refractivity contribution in [1.29, 1.82) is 0 Å². The molecule has 0 radical (unpaired) electrons. The minimum Gasteiger partial charge on any atom is -0.494 e. The van der Waals surface area contributed by atoms with Gasteiger partial charge in [0.25, 0.3) is 5.56 Å². The van der Waals surface area contributed by atoms with Gasteiger partial charge in [-0.15, -0.1) is 0 Å². The molecule has 0 spiro atoms. The summed E-state index contributed by atoms with van der Waals surface area (Å²) in [5, 5.41) is 11.4. The number of likely N-dealkylation sites (tertiary alicyclic amines) is 1. The normalized spacial score (nSPS) is 15.2. The minimum atomic E-state index is -0.303. The van der Waals surface area contributed by atoms with E-state index < -0.39 is 0 Å². The van der Waals surface area contributed by atoms with Crippen molar-refractivity contribution in [3.05, 3.63) is 70.0 Å². The Morgan fingerprint density at radius 1 is 1.08 bits per heavy atom. The number of aliphatic imine (C=N–C) groups is 1. The topological polar surface area (TPSA) is 68.7 Å². The first kappa shape index (κ1) is 16.5. The minimum absolute atomic E-state index is 0.161. The van der Waals surface area contributed by atoms with E-state index in [-0.39, 0.29) is 11.4 Å². The molecule has 3 aromatic rings. The molecule has 2 N–H and O–H groups in total. The molecule has 5 nitrogen and oxygen atoms in total. The molecule has 132 valence electrons. The number of hydrogen-bond donors (Lipinski definition) is 2. The lowest BCUT2D eigenvalue weighted by Crippen LogP contribution is -2.18. The highest BCUT2D eigenvalue weighted by atomic mass is 16.3. The number of aromatic amines is 1. The number of nitrogens with one attached hydrogen (secondary N) is 1. The zero-order chi connectivity index (χ0) is 17.9. The van der Waals surface area contributed by atoms with Gasteiger partial charge in [0.2, 0.25) is 5.88 Å². The Kier molecular flexibility index (Phi) is 4.54. The molecule has 1 aromatic heterocycles. The van der Waals surface area contributed by atoms with Gasteiger partial charge in [-0.25, -0.2) is 0 Å². The van der Waals surface area contributed by atoms with Gasteiger partial charge in [-0.2, -0.15) is 0 Å². The molecule has 0 unspecified atom stereocenters. The first-order valence-corrected chi connectivity index (χ1v) is 8.90. The lowest BCUT2D eigenvalue weighted by molar-refractivity contribution is 0.331. The molecule has 1 aliphatic rings. The number of nitrogens with zero attached hydrogens (tertiary/aromatic N) is 2. The van der Waals surface area contributed by atoms with Crippen molar-refractivity contribution in [3.63, 3.8) is 0 Å². The Hall–Kier alpha value is -2.92. The first-order valence-electron chi connectivity index (χ1n) is 8.90. The summed E-state index contributed by atoms with van der Waals surface area (Å²) in [7, 11) is 0.